The molecule has 29 heavy (non-hydrogen) atoms. The molecule has 1 aliphatic heterocycles. The summed E-state index contributed by atoms with van der Waals surface area (Å²) in [6.07, 6.45) is 8.30. The normalized spacial score (nSPS) is 21.5. The lowest BCUT2D eigenvalue weighted by atomic mass is 9.99. The van der Waals surface area contributed by atoms with Crippen LogP contribution in [0.4, 0.5) is 10.5 Å². The van der Waals surface area contributed by atoms with E-state index in [1.165, 1.54) is 28.5 Å². The molecule has 0 saturated heterocycles. The highest BCUT2D eigenvalue weighted by atomic mass is 32.2. The van der Waals surface area contributed by atoms with Crippen molar-refractivity contribution in [3.8, 4) is 5.88 Å². The number of carbonyl (C=O) groups excluding carboxylic acids is 1. The van der Waals surface area contributed by atoms with Crippen molar-refractivity contribution in [1.82, 2.24) is 9.78 Å². The molecule has 2 amide bonds. The first-order chi connectivity index (χ1) is 13.9. The summed E-state index contributed by atoms with van der Waals surface area (Å²) >= 11 is 0. The van der Waals surface area contributed by atoms with E-state index in [0.717, 1.165) is 50.6 Å². The Labute approximate surface area is 170 Å². The van der Waals surface area contributed by atoms with Gasteiger partial charge in [0.25, 0.3) is 0 Å². The first kappa shape index (κ1) is 18.6. The van der Waals surface area contributed by atoms with E-state index in [1.54, 1.807) is 4.68 Å². The lowest BCUT2D eigenvalue weighted by Gasteiger charge is -2.22. The average molecular weight is 416 g/mol. The third-order valence-electron chi connectivity index (χ3n) is 6.06. The molecule has 0 unspecified atom stereocenters. The number of hydrogen-bond donors (Lipinski definition) is 2. The Bertz CT molecular complexity index is 1100. The zero-order chi connectivity index (χ0) is 20.2. The van der Waals surface area contributed by atoms with Crippen molar-refractivity contribution in [2.75, 3.05) is 5.32 Å². The molecule has 1 aromatic heterocycles. The molecule has 2 aliphatic carbocycles. The van der Waals surface area contributed by atoms with Gasteiger partial charge in [-0.25, -0.2) is 18.8 Å². The van der Waals surface area contributed by atoms with Gasteiger partial charge in [0.1, 0.15) is 4.90 Å². The van der Waals surface area contributed by atoms with Gasteiger partial charge in [-0.05, 0) is 67.7 Å². The topological polar surface area (TPSA) is 112 Å². The van der Waals surface area contributed by atoms with Gasteiger partial charge in [-0.2, -0.15) is 5.10 Å². The van der Waals surface area contributed by atoms with Gasteiger partial charge in [0, 0.05) is 18.7 Å². The number of rotatable bonds is 2. The third-order valence-corrected chi connectivity index (χ3v) is 7.41. The molecule has 0 saturated carbocycles. The van der Waals surface area contributed by atoms with Crippen molar-refractivity contribution >= 4 is 21.6 Å². The molecule has 0 spiro atoms. The van der Waals surface area contributed by atoms with Crippen molar-refractivity contribution < 1.29 is 13.7 Å². The van der Waals surface area contributed by atoms with Crippen LogP contribution in [0.1, 0.15) is 48.4 Å². The fraction of sp³-hybridized carbons (Fsp3) is 0.500. The number of fused-ring (bicyclic) bond motifs is 3. The van der Waals surface area contributed by atoms with Crippen LogP contribution >= 0.6 is 0 Å². The molecule has 1 aromatic carbocycles. The van der Waals surface area contributed by atoms with Crippen LogP contribution in [0.5, 0.6) is 5.88 Å². The summed E-state index contributed by atoms with van der Waals surface area (Å²) in [7, 11) is -3.47. The Balaban J connectivity index is 1.48. The molecule has 0 radical (unpaired) electrons. The van der Waals surface area contributed by atoms with Crippen LogP contribution in [0.3, 0.4) is 0 Å². The van der Waals surface area contributed by atoms with E-state index in [2.05, 4.69) is 20.8 Å². The number of nitrogens with zero attached hydrogens (tertiary/aromatic N) is 3. The molecule has 0 bridgehead atoms. The molecular weight excluding hydrogens is 390 g/mol. The Morgan fingerprint density at radius 2 is 1.97 bits per heavy atom. The van der Waals surface area contributed by atoms with Crippen LogP contribution in [0.2, 0.25) is 0 Å². The van der Waals surface area contributed by atoms with Gasteiger partial charge >= 0.3 is 6.03 Å². The summed E-state index contributed by atoms with van der Waals surface area (Å²) in [6.45, 7) is 2.58. The monoisotopic (exact) mass is 415 g/mol. The molecule has 5 rings (SSSR count). The number of hydrogen-bond acceptors (Lipinski definition) is 4. The Kier molecular flexibility index (Phi) is 4.40. The second-order valence-electron chi connectivity index (χ2n) is 8.08. The van der Waals surface area contributed by atoms with E-state index >= 15 is 0 Å². The molecule has 3 N–H and O–H groups in total. The number of aromatic nitrogens is 2. The molecule has 8 nitrogen and oxygen atoms in total. The molecule has 3 aliphatic rings. The maximum absolute atomic E-state index is 13.1. The standard InChI is InChI=1S/C20H25N5O3S/c1-12-8-9-25-19(28-12)17(11-22-25)29(21,27)24-20(26)23-18-15-6-2-4-13(15)10-14-5-3-7-16(14)18/h10-12H,2-9H2,1H3,(H3,21,23,24,26,27)/t12-,29-/m0/s1. The number of nitrogens with one attached hydrogen (secondary N) is 1. The maximum Gasteiger partial charge on any atom is 0.354 e. The average Bonchev–Trinajstić information content (AvgIpc) is 3.39. The zero-order valence-electron chi connectivity index (χ0n) is 16.4. The van der Waals surface area contributed by atoms with Crippen LogP contribution in [-0.2, 0) is 42.1 Å². The van der Waals surface area contributed by atoms with E-state index in [-0.39, 0.29) is 11.0 Å². The lowest BCUT2D eigenvalue weighted by molar-refractivity contribution is 0.144. The summed E-state index contributed by atoms with van der Waals surface area (Å²) in [6, 6.07) is 1.61. The number of amides is 2. The van der Waals surface area contributed by atoms with Crippen LogP contribution in [0, 0.1) is 0 Å². The van der Waals surface area contributed by atoms with E-state index in [9.17, 15) is 9.00 Å². The summed E-state index contributed by atoms with van der Waals surface area (Å²) < 4.78 is 24.3. The highest BCUT2D eigenvalue weighted by Crippen LogP contribution is 2.38. The van der Waals surface area contributed by atoms with Gasteiger partial charge in [-0.3, -0.25) is 0 Å². The summed E-state index contributed by atoms with van der Waals surface area (Å²) in [4.78, 5) is 12.9. The fourth-order valence-electron chi connectivity index (χ4n) is 4.66. The van der Waals surface area contributed by atoms with E-state index < -0.39 is 15.9 Å². The number of nitrogens with two attached hydrogens (primary N) is 1. The van der Waals surface area contributed by atoms with E-state index in [1.807, 2.05) is 6.92 Å². The predicted molar refractivity (Wildman–Crippen MR) is 109 cm³/mol. The SMILES string of the molecule is C[C@H]1CCn2ncc([S@@](N)(=O)=NC(=O)Nc3c4c(cc5c3CCC5)CCC4)c2O1. The minimum Gasteiger partial charge on any atom is -0.474 e. The number of benzene rings is 1. The number of urea groups is 1. The van der Waals surface area contributed by atoms with Crippen molar-refractivity contribution in [3.63, 3.8) is 0 Å². The van der Waals surface area contributed by atoms with E-state index in [0.29, 0.717) is 12.4 Å². The van der Waals surface area contributed by atoms with Crippen LogP contribution < -0.4 is 15.2 Å². The highest BCUT2D eigenvalue weighted by Gasteiger charge is 2.28. The van der Waals surface area contributed by atoms with Crippen LogP contribution in [-0.4, -0.2) is 26.1 Å². The second-order valence-corrected chi connectivity index (χ2v) is 9.84. The zero-order valence-corrected chi connectivity index (χ0v) is 17.3. The van der Waals surface area contributed by atoms with Gasteiger partial charge in [0.2, 0.25) is 5.88 Å². The molecule has 0 fully saturated rings. The maximum atomic E-state index is 13.1. The number of carbonyl (C=O) groups is 1. The largest absolute Gasteiger partial charge is 0.474 e. The highest BCUT2D eigenvalue weighted by molar-refractivity contribution is 7.91. The van der Waals surface area contributed by atoms with Gasteiger partial charge in [0.05, 0.1) is 12.3 Å². The molecule has 154 valence electrons. The van der Waals surface area contributed by atoms with Gasteiger partial charge in [0.15, 0.2) is 9.92 Å². The first-order valence-corrected chi connectivity index (χ1v) is 11.7. The third kappa shape index (κ3) is 3.22. The minimum absolute atomic E-state index is 0.0310. The number of ether oxygens (including phenoxy) is 1. The molecule has 2 atom stereocenters. The van der Waals surface area contributed by atoms with Gasteiger partial charge < -0.3 is 10.1 Å². The van der Waals surface area contributed by atoms with E-state index in [4.69, 9.17) is 9.88 Å². The molecule has 2 heterocycles. The lowest BCUT2D eigenvalue weighted by Crippen LogP contribution is -2.25. The fourth-order valence-corrected chi connectivity index (χ4v) is 5.65. The Morgan fingerprint density at radius 3 is 2.66 bits per heavy atom. The smallest absolute Gasteiger partial charge is 0.354 e. The number of anilines is 1. The molecule has 2 aromatic rings. The van der Waals surface area contributed by atoms with Gasteiger partial charge in [-0.1, -0.05) is 6.07 Å². The number of aryl methyl sites for hydroxylation is 3. The van der Waals surface area contributed by atoms with Crippen molar-refractivity contribution in [1.29, 1.82) is 0 Å². The van der Waals surface area contributed by atoms with Crippen LogP contribution in [0.25, 0.3) is 0 Å². The Hall–Kier alpha value is -2.39. The van der Waals surface area contributed by atoms with Crippen LogP contribution in [0.15, 0.2) is 21.5 Å². The Morgan fingerprint density at radius 1 is 1.28 bits per heavy atom. The van der Waals surface area contributed by atoms with Crippen molar-refractivity contribution in [2.45, 2.75) is 69.4 Å². The van der Waals surface area contributed by atoms with Gasteiger partial charge in [-0.15, -0.1) is 4.36 Å². The minimum atomic E-state index is -3.47. The predicted octanol–water partition coefficient (Wildman–Crippen LogP) is 2.96. The summed E-state index contributed by atoms with van der Waals surface area (Å²) in [5.41, 5.74) is 5.86. The van der Waals surface area contributed by atoms with Crippen molar-refractivity contribution in [3.05, 3.63) is 34.5 Å². The van der Waals surface area contributed by atoms with Crippen molar-refractivity contribution in [2.24, 2.45) is 9.50 Å². The first-order valence-electron chi connectivity index (χ1n) is 10.2. The molecule has 9 heteroatoms. The molecular formula is C20H25N5O3S. The second kappa shape index (κ2) is 6.84. The summed E-state index contributed by atoms with van der Waals surface area (Å²) in [5, 5.41) is 13.1. The summed E-state index contributed by atoms with van der Waals surface area (Å²) in [5.74, 6) is 0.342. The quantitative estimate of drug-likeness (QED) is 0.785.